The number of aromatic nitrogens is 3. The number of hydrogen-bond acceptors (Lipinski definition) is 8. The largest absolute Gasteiger partial charge is 0.522 e. The van der Waals surface area contributed by atoms with Gasteiger partial charge >= 0.3 is 6.36 Å². The lowest BCUT2D eigenvalue weighted by Gasteiger charge is -2.33. The molecule has 0 unspecified atom stereocenters. The smallest absolute Gasteiger partial charge is 0.396 e. The van der Waals surface area contributed by atoms with Gasteiger partial charge in [0.2, 0.25) is 0 Å². The Hall–Kier alpha value is -2.50. The van der Waals surface area contributed by atoms with Crippen molar-refractivity contribution in [1.82, 2.24) is 15.0 Å². The van der Waals surface area contributed by atoms with E-state index in [1.165, 1.54) is 16.3 Å². The van der Waals surface area contributed by atoms with Crippen molar-refractivity contribution < 1.29 is 17.9 Å². The van der Waals surface area contributed by atoms with E-state index in [4.69, 9.17) is 11.6 Å². The van der Waals surface area contributed by atoms with Crippen molar-refractivity contribution in [3.8, 4) is 11.3 Å². The summed E-state index contributed by atoms with van der Waals surface area (Å²) in [5.41, 5.74) is 8.55. The molecule has 1 fully saturated rings. The Balaban J connectivity index is 1.54. The van der Waals surface area contributed by atoms with Crippen LogP contribution in [0.25, 0.3) is 21.6 Å². The molecule has 0 spiro atoms. The molecule has 4 N–H and O–H groups in total. The third-order valence-electron chi connectivity index (χ3n) is 4.54. The van der Waals surface area contributed by atoms with Crippen molar-refractivity contribution in [3.05, 3.63) is 29.4 Å². The third-order valence-corrected chi connectivity index (χ3v) is 5.67. The van der Waals surface area contributed by atoms with Crippen LogP contribution >= 0.6 is 11.3 Å². The minimum atomic E-state index is -4.59. The first-order valence-electron chi connectivity index (χ1n) is 8.46. The topological polar surface area (TPSA) is 103 Å². The summed E-state index contributed by atoms with van der Waals surface area (Å²) in [6.45, 7) is 0. The number of alkyl halides is 3. The fourth-order valence-electron chi connectivity index (χ4n) is 3.13. The first-order chi connectivity index (χ1) is 13.2. The maximum absolute atomic E-state index is 12.3. The van der Waals surface area contributed by atoms with Crippen molar-refractivity contribution in [1.29, 1.82) is 0 Å². The lowest BCUT2D eigenvalue weighted by Crippen LogP contribution is -2.34. The molecule has 3 heterocycles. The third kappa shape index (κ3) is 3.73. The van der Waals surface area contributed by atoms with E-state index in [2.05, 4.69) is 19.7 Å². The number of nitrogens with two attached hydrogens (primary N) is 2. The molecule has 28 heavy (non-hydrogen) atoms. The van der Waals surface area contributed by atoms with E-state index in [1.807, 2.05) is 12.1 Å². The lowest BCUT2D eigenvalue weighted by molar-refractivity contribution is -0.351. The minimum absolute atomic E-state index is 0.0355. The van der Waals surface area contributed by atoms with Crippen LogP contribution < -0.4 is 16.6 Å². The molecule has 0 amide bonds. The monoisotopic (exact) mass is 410 g/mol. The molecule has 7 nitrogen and oxygen atoms in total. The first kappa shape index (κ1) is 18.8. The molecule has 148 valence electrons. The van der Waals surface area contributed by atoms with Crippen molar-refractivity contribution in [2.24, 2.45) is 5.84 Å². The van der Waals surface area contributed by atoms with Gasteiger partial charge in [-0.3, -0.25) is 9.75 Å². The molecule has 0 aliphatic heterocycles. The summed E-state index contributed by atoms with van der Waals surface area (Å²) in [7, 11) is 1.65. The number of fused-ring (bicyclic) bond motifs is 1. The quantitative estimate of drug-likeness (QED) is 0.502. The van der Waals surface area contributed by atoms with E-state index in [-0.39, 0.29) is 5.92 Å². The zero-order valence-corrected chi connectivity index (χ0v) is 15.6. The van der Waals surface area contributed by atoms with Gasteiger partial charge in [0.05, 0.1) is 22.5 Å². The van der Waals surface area contributed by atoms with Crippen molar-refractivity contribution in [3.63, 3.8) is 0 Å². The Kier molecular flexibility index (Phi) is 4.60. The standard InChI is InChI=1S/C17H17F3N6OS/c1-26(22)14-11(21)6-9(7-23-14)12-2-3-13-16(24-12)28-15(25-13)8-4-10(5-8)27-17(18,19)20/h2-3,6-8,10H,4-5,21-22H2,1H3. The summed E-state index contributed by atoms with van der Waals surface area (Å²) in [5, 5.41) is 2.11. The van der Waals surface area contributed by atoms with Crippen molar-refractivity contribution in [2.45, 2.75) is 31.2 Å². The number of nitrogen functional groups attached to an aromatic ring is 1. The zero-order valence-electron chi connectivity index (χ0n) is 14.8. The van der Waals surface area contributed by atoms with Crippen LogP contribution in [0, 0.1) is 0 Å². The number of pyridine rings is 2. The van der Waals surface area contributed by atoms with Crippen LogP contribution in [0.4, 0.5) is 24.7 Å². The number of hydrazine groups is 1. The summed E-state index contributed by atoms with van der Waals surface area (Å²) >= 11 is 1.38. The fourth-order valence-corrected chi connectivity index (χ4v) is 4.19. The molecule has 0 bridgehead atoms. The molecule has 0 aromatic carbocycles. The van der Waals surface area contributed by atoms with E-state index in [0.717, 1.165) is 10.6 Å². The number of rotatable bonds is 4. The molecule has 1 saturated carbocycles. The predicted octanol–water partition coefficient (Wildman–Crippen LogP) is 3.43. The van der Waals surface area contributed by atoms with Crippen LogP contribution in [0.15, 0.2) is 24.4 Å². The van der Waals surface area contributed by atoms with E-state index in [9.17, 15) is 13.2 Å². The van der Waals surface area contributed by atoms with E-state index in [1.54, 1.807) is 19.3 Å². The van der Waals surface area contributed by atoms with Crippen LogP contribution in [0.5, 0.6) is 0 Å². The Morgan fingerprint density at radius 3 is 2.64 bits per heavy atom. The molecular weight excluding hydrogens is 393 g/mol. The summed E-state index contributed by atoms with van der Waals surface area (Å²) in [5.74, 6) is 6.10. The summed E-state index contributed by atoms with van der Waals surface area (Å²) in [4.78, 5) is 14.1. The average molecular weight is 410 g/mol. The van der Waals surface area contributed by atoms with Gasteiger partial charge in [-0.05, 0) is 31.0 Å². The summed E-state index contributed by atoms with van der Waals surface area (Å²) in [6.07, 6.45) is -3.14. The highest BCUT2D eigenvalue weighted by Gasteiger charge is 2.41. The maximum atomic E-state index is 12.3. The molecule has 0 saturated heterocycles. The molecule has 3 aromatic heterocycles. The highest BCUT2D eigenvalue weighted by atomic mass is 32.1. The molecule has 0 atom stereocenters. The highest BCUT2D eigenvalue weighted by Crippen LogP contribution is 2.43. The Bertz CT molecular complexity index is 1020. The molecular formula is C17H17F3N6OS. The lowest BCUT2D eigenvalue weighted by atomic mass is 9.83. The van der Waals surface area contributed by atoms with Gasteiger partial charge in [0, 0.05) is 24.7 Å². The zero-order chi connectivity index (χ0) is 20.1. The van der Waals surface area contributed by atoms with Crippen LogP contribution in [0.3, 0.4) is 0 Å². The molecule has 0 radical (unpaired) electrons. The SMILES string of the molecule is CN(N)c1ncc(-c2ccc3nc(C4CC(OC(F)(F)F)C4)sc3n2)cc1N. The highest BCUT2D eigenvalue weighted by molar-refractivity contribution is 7.18. The van der Waals surface area contributed by atoms with Gasteiger partial charge in [0.1, 0.15) is 10.3 Å². The van der Waals surface area contributed by atoms with Crippen molar-refractivity contribution >= 4 is 33.2 Å². The number of hydrogen-bond donors (Lipinski definition) is 2. The van der Waals surface area contributed by atoms with Crippen LogP contribution in [0.2, 0.25) is 0 Å². The van der Waals surface area contributed by atoms with Gasteiger partial charge in [-0.15, -0.1) is 13.2 Å². The van der Waals surface area contributed by atoms with Gasteiger partial charge in [0.15, 0.2) is 5.82 Å². The normalized spacial score (nSPS) is 19.6. The van der Waals surface area contributed by atoms with Gasteiger partial charge in [-0.2, -0.15) is 0 Å². The van der Waals surface area contributed by atoms with Gasteiger partial charge in [-0.1, -0.05) is 11.3 Å². The summed E-state index contributed by atoms with van der Waals surface area (Å²) in [6, 6.07) is 5.39. The van der Waals surface area contributed by atoms with Crippen molar-refractivity contribution in [2.75, 3.05) is 17.8 Å². The Morgan fingerprint density at radius 1 is 1.25 bits per heavy atom. The maximum Gasteiger partial charge on any atom is 0.522 e. The first-order valence-corrected chi connectivity index (χ1v) is 9.27. The summed E-state index contributed by atoms with van der Waals surface area (Å²) < 4.78 is 40.8. The molecule has 11 heteroatoms. The number of thiazole rings is 1. The van der Waals surface area contributed by atoms with Crippen LogP contribution in [-0.4, -0.2) is 34.5 Å². The second kappa shape index (κ2) is 6.83. The predicted molar refractivity (Wildman–Crippen MR) is 101 cm³/mol. The fraction of sp³-hybridized carbons (Fsp3) is 0.353. The minimum Gasteiger partial charge on any atom is -0.396 e. The van der Waals surface area contributed by atoms with Crippen LogP contribution in [-0.2, 0) is 4.74 Å². The number of anilines is 2. The van der Waals surface area contributed by atoms with Gasteiger partial charge in [0.25, 0.3) is 0 Å². The number of nitrogens with zero attached hydrogens (tertiary/aromatic N) is 4. The number of halogens is 3. The average Bonchev–Trinajstić information content (AvgIpc) is 2.98. The van der Waals surface area contributed by atoms with E-state index in [0.29, 0.717) is 40.4 Å². The number of ether oxygens (including phenoxy) is 1. The Morgan fingerprint density at radius 2 is 2.00 bits per heavy atom. The molecule has 1 aliphatic carbocycles. The molecule has 3 aromatic rings. The Labute approximate surface area is 162 Å². The van der Waals surface area contributed by atoms with Gasteiger partial charge in [-0.25, -0.2) is 20.8 Å². The molecule has 4 rings (SSSR count). The molecule has 1 aliphatic rings. The second-order valence-corrected chi connectivity index (χ2v) is 7.68. The van der Waals surface area contributed by atoms with Crippen LogP contribution in [0.1, 0.15) is 23.8 Å². The van der Waals surface area contributed by atoms with Gasteiger partial charge < -0.3 is 5.73 Å². The second-order valence-electron chi connectivity index (χ2n) is 6.67. The van der Waals surface area contributed by atoms with E-state index < -0.39 is 12.5 Å². The van der Waals surface area contributed by atoms with E-state index >= 15 is 0 Å².